The van der Waals surface area contributed by atoms with Crippen molar-refractivity contribution in [2.75, 3.05) is 19.6 Å². The minimum atomic E-state index is -3.56. The van der Waals surface area contributed by atoms with Crippen molar-refractivity contribution in [1.29, 1.82) is 0 Å². The average molecular weight is 345 g/mol. The highest BCUT2D eigenvalue weighted by atomic mass is 32.2. The Labute approximate surface area is 143 Å². The maximum Gasteiger partial charge on any atom is 0.245 e. The van der Waals surface area contributed by atoms with Crippen LogP contribution in [0.5, 0.6) is 0 Å². The maximum absolute atomic E-state index is 13.1. The van der Waals surface area contributed by atoms with Crippen molar-refractivity contribution in [2.24, 2.45) is 0 Å². The van der Waals surface area contributed by atoms with Crippen LogP contribution in [0.15, 0.2) is 47.5 Å². The van der Waals surface area contributed by atoms with Gasteiger partial charge in [-0.15, -0.1) is 0 Å². The largest absolute Gasteiger partial charge is 0.313 e. The van der Waals surface area contributed by atoms with E-state index in [0.717, 1.165) is 17.7 Å². The molecule has 24 heavy (non-hydrogen) atoms. The fourth-order valence-electron chi connectivity index (χ4n) is 2.98. The zero-order chi connectivity index (χ0) is 17.2. The summed E-state index contributed by atoms with van der Waals surface area (Å²) in [6, 6.07) is 11.4. The van der Waals surface area contributed by atoms with E-state index in [9.17, 15) is 8.42 Å². The number of pyridine rings is 1. The van der Waals surface area contributed by atoms with Gasteiger partial charge in [0.1, 0.15) is 4.90 Å². The highest BCUT2D eigenvalue weighted by molar-refractivity contribution is 7.89. The molecule has 6 heteroatoms. The maximum atomic E-state index is 13.1. The summed E-state index contributed by atoms with van der Waals surface area (Å²) in [7, 11) is -3.56. The zero-order valence-electron chi connectivity index (χ0n) is 14.1. The predicted octanol–water partition coefficient (Wildman–Crippen LogP) is 2.29. The summed E-state index contributed by atoms with van der Waals surface area (Å²) in [5.74, 6) is 0. The zero-order valence-corrected chi connectivity index (χ0v) is 14.9. The standard InChI is InChI=1S/C18H23N3O2S/c1-3-15-5-7-16(8-6-15)18-13-19-10-11-21(18)24(22,23)17-9-4-14(2)20-12-17/h4-9,12,18-19H,3,10-11,13H2,1-2H3. The Bertz CT molecular complexity index is 786. The van der Waals surface area contributed by atoms with Gasteiger partial charge in [0.25, 0.3) is 0 Å². The number of hydrogen-bond donors (Lipinski definition) is 1. The first-order valence-corrected chi connectivity index (χ1v) is 9.70. The summed E-state index contributed by atoms with van der Waals surface area (Å²) < 4.78 is 27.7. The fourth-order valence-corrected chi connectivity index (χ4v) is 4.53. The number of benzene rings is 1. The summed E-state index contributed by atoms with van der Waals surface area (Å²) in [6.45, 7) is 5.68. The van der Waals surface area contributed by atoms with Gasteiger partial charge in [0.2, 0.25) is 10.0 Å². The highest BCUT2D eigenvalue weighted by Crippen LogP contribution is 2.29. The van der Waals surface area contributed by atoms with Gasteiger partial charge >= 0.3 is 0 Å². The normalized spacial score (nSPS) is 19.3. The number of sulfonamides is 1. The fraction of sp³-hybridized carbons (Fsp3) is 0.389. The lowest BCUT2D eigenvalue weighted by atomic mass is 10.0. The molecule has 1 aromatic heterocycles. The van der Waals surface area contributed by atoms with E-state index in [0.29, 0.717) is 19.6 Å². The van der Waals surface area contributed by atoms with Gasteiger partial charge in [-0.1, -0.05) is 31.2 Å². The van der Waals surface area contributed by atoms with Crippen molar-refractivity contribution in [3.05, 3.63) is 59.4 Å². The van der Waals surface area contributed by atoms with Crippen LogP contribution in [-0.2, 0) is 16.4 Å². The second-order valence-electron chi connectivity index (χ2n) is 6.07. The Morgan fingerprint density at radius 1 is 1.21 bits per heavy atom. The molecule has 1 aliphatic heterocycles. The minimum Gasteiger partial charge on any atom is -0.313 e. The molecule has 1 N–H and O–H groups in total. The SMILES string of the molecule is CCc1ccc(C2CNCCN2S(=O)(=O)c2ccc(C)nc2)cc1. The third kappa shape index (κ3) is 3.36. The van der Waals surface area contributed by atoms with Gasteiger partial charge < -0.3 is 5.32 Å². The molecule has 0 radical (unpaired) electrons. The Balaban J connectivity index is 1.95. The Morgan fingerprint density at radius 3 is 2.58 bits per heavy atom. The van der Waals surface area contributed by atoms with Crippen LogP contribution >= 0.6 is 0 Å². The van der Waals surface area contributed by atoms with Crippen LogP contribution in [0.4, 0.5) is 0 Å². The average Bonchev–Trinajstić information content (AvgIpc) is 2.62. The van der Waals surface area contributed by atoms with E-state index in [2.05, 4.69) is 29.4 Å². The van der Waals surface area contributed by atoms with Crippen LogP contribution in [0.3, 0.4) is 0 Å². The third-order valence-electron chi connectivity index (χ3n) is 4.46. The van der Waals surface area contributed by atoms with E-state index in [1.165, 1.54) is 11.8 Å². The van der Waals surface area contributed by atoms with Gasteiger partial charge in [0, 0.05) is 31.5 Å². The van der Waals surface area contributed by atoms with Crippen molar-refractivity contribution in [2.45, 2.75) is 31.2 Å². The molecule has 0 spiro atoms. The molecule has 5 nitrogen and oxygen atoms in total. The summed E-state index contributed by atoms with van der Waals surface area (Å²) in [5, 5.41) is 3.30. The number of aryl methyl sites for hydroxylation is 2. The van der Waals surface area contributed by atoms with Gasteiger partial charge in [-0.3, -0.25) is 4.98 Å². The van der Waals surface area contributed by atoms with Crippen molar-refractivity contribution in [1.82, 2.24) is 14.6 Å². The Kier molecular flexibility index (Phi) is 4.99. The molecule has 1 aliphatic rings. The molecule has 128 valence electrons. The first-order valence-electron chi connectivity index (χ1n) is 8.26. The minimum absolute atomic E-state index is 0.198. The van der Waals surface area contributed by atoms with Crippen molar-refractivity contribution in [3.63, 3.8) is 0 Å². The summed E-state index contributed by atoms with van der Waals surface area (Å²) in [6.07, 6.45) is 2.42. The van der Waals surface area contributed by atoms with Crippen LogP contribution in [0, 0.1) is 6.92 Å². The first-order chi connectivity index (χ1) is 11.5. The molecule has 0 aliphatic carbocycles. The van der Waals surface area contributed by atoms with Crippen LogP contribution in [0.2, 0.25) is 0 Å². The molecule has 0 saturated carbocycles. The summed E-state index contributed by atoms with van der Waals surface area (Å²) >= 11 is 0. The third-order valence-corrected chi connectivity index (χ3v) is 6.35. The summed E-state index contributed by atoms with van der Waals surface area (Å²) in [4.78, 5) is 4.39. The van der Waals surface area contributed by atoms with Crippen LogP contribution in [0.25, 0.3) is 0 Å². The van der Waals surface area contributed by atoms with E-state index in [-0.39, 0.29) is 10.9 Å². The van der Waals surface area contributed by atoms with Gasteiger partial charge in [0.05, 0.1) is 6.04 Å². The van der Waals surface area contributed by atoms with Gasteiger partial charge in [-0.05, 0) is 36.6 Å². The second kappa shape index (κ2) is 7.01. The number of nitrogens with one attached hydrogen (secondary N) is 1. The molecular formula is C18H23N3O2S. The summed E-state index contributed by atoms with van der Waals surface area (Å²) in [5.41, 5.74) is 3.07. The lowest BCUT2D eigenvalue weighted by molar-refractivity contribution is 0.271. The van der Waals surface area contributed by atoms with Gasteiger partial charge in [-0.2, -0.15) is 4.31 Å². The van der Waals surface area contributed by atoms with Crippen molar-refractivity contribution in [3.8, 4) is 0 Å². The van der Waals surface area contributed by atoms with Crippen LogP contribution in [0.1, 0.15) is 29.8 Å². The highest BCUT2D eigenvalue weighted by Gasteiger charge is 2.34. The molecule has 2 aromatic rings. The number of rotatable bonds is 4. The van der Waals surface area contributed by atoms with E-state index in [1.807, 2.05) is 19.1 Å². The van der Waals surface area contributed by atoms with E-state index < -0.39 is 10.0 Å². The number of piperazine rings is 1. The Hall–Kier alpha value is -1.76. The first kappa shape index (κ1) is 17.1. The van der Waals surface area contributed by atoms with Crippen molar-refractivity contribution >= 4 is 10.0 Å². The molecule has 0 bridgehead atoms. The van der Waals surface area contributed by atoms with Gasteiger partial charge in [-0.25, -0.2) is 8.42 Å². The number of hydrogen-bond acceptors (Lipinski definition) is 4. The smallest absolute Gasteiger partial charge is 0.245 e. The molecule has 3 rings (SSSR count). The van der Waals surface area contributed by atoms with Crippen LogP contribution < -0.4 is 5.32 Å². The van der Waals surface area contributed by atoms with Crippen LogP contribution in [-0.4, -0.2) is 37.3 Å². The van der Waals surface area contributed by atoms with E-state index in [4.69, 9.17) is 0 Å². The second-order valence-corrected chi connectivity index (χ2v) is 7.96. The molecule has 1 fully saturated rings. The molecule has 1 aromatic carbocycles. The molecule has 1 saturated heterocycles. The molecular weight excluding hydrogens is 322 g/mol. The molecule has 0 amide bonds. The van der Waals surface area contributed by atoms with E-state index >= 15 is 0 Å². The molecule has 2 heterocycles. The lowest BCUT2D eigenvalue weighted by Crippen LogP contribution is -2.48. The lowest BCUT2D eigenvalue weighted by Gasteiger charge is -2.35. The molecule has 1 atom stereocenters. The predicted molar refractivity (Wildman–Crippen MR) is 94.3 cm³/mol. The molecule has 1 unspecified atom stereocenters. The van der Waals surface area contributed by atoms with E-state index in [1.54, 1.807) is 16.4 Å². The van der Waals surface area contributed by atoms with Gasteiger partial charge in [0.15, 0.2) is 0 Å². The number of nitrogens with zero attached hydrogens (tertiary/aromatic N) is 2. The topological polar surface area (TPSA) is 62.3 Å². The monoisotopic (exact) mass is 345 g/mol. The number of aromatic nitrogens is 1. The van der Waals surface area contributed by atoms with Crippen molar-refractivity contribution < 1.29 is 8.42 Å². The Morgan fingerprint density at radius 2 is 1.96 bits per heavy atom. The quantitative estimate of drug-likeness (QED) is 0.923.